The summed E-state index contributed by atoms with van der Waals surface area (Å²) >= 11 is 0. The fourth-order valence-electron chi connectivity index (χ4n) is 3.69. The number of urea groups is 1. The van der Waals surface area contributed by atoms with E-state index in [2.05, 4.69) is 5.32 Å². The molecule has 174 valence electrons. The van der Waals surface area contributed by atoms with Gasteiger partial charge in [-0.1, -0.05) is 30.3 Å². The first-order valence-electron chi connectivity index (χ1n) is 10.6. The van der Waals surface area contributed by atoms with E-state index in [9.17, 15) is 19.2 Å². The van der Waals surface area contributed by atoms with Gasteiger partial charge in [0.15, 0.2) is 11.5 Å². The van der Waals surface area contributed by atoms with E-state index in [4.69, 9.17) is 14.2 Å². The number of hydrogen-bond acceptors (Lipinski definition) is 7. The van der Waals surface area contributed by atoms with Crippen molar-refractivity contribution >= 4 is 35.6 Å². The van der Waals surface area contributed by atoms with Crippen molar-refractivity contribution in [3.05, 3.63) is 89.0 Å². The standard InChI is InChI=1S/C26H18N2O7/c1-15-5-4-7-18(11-15)28-24(30)19(23(29)27-26(28)32)12-16-6-2-3-8-20(16)35-25(31)17-9-10-21-22(13-17)34-14-33-21/h2-13H,14H2,1H3,(H,27,29,32)/b19-12-. The number of fused-ring (bicyclic) bond motifs is 1. The Hall–Kier alpha value is -4.92. The van der Waals surface area contributed by atoms with Crippen molar-refractivity contribution in [3.8, 4) is 17.2 Å². The van der Waals surface area contributed by atoms with Gasteiger partial charge >= 0.3 is 12.0 Å². The third kappa shape index (κ3) is 4.22. The average Bonchev–Trinajstić information content (AvgIpc) is 3.30. The van der Waals surface area contributed by atoms with Crippen molar-refractivity contribution in [2.24, 2.45) is 0 Å². The van der Waals surface area contributed by atoms with Gasteiger partial charge in [-0.25, -0.2) is 14.5 Å². The molecule has 0 atom stereocenters. The van der Waals surface area contributed by atoms with Crippen molar-refractivity contribution in [1.82, 2.24) is 5.32 Å². The highest BCUT2D eigenvalue weighted by Crippen LogP contribution is 2.33. The number of para-hydroxylation sites is 1. The van der Waals surface area contributed by atoms with Crippen molar-refractivity contribution in [2.45, 2.75) is 6.92 Å². The molecule has 9 nitrogen and oxygen atoms in total. The number of amides is 4. The van der Waals surface area contributed by atoms with Gasteiger partial charge in [0.25, 0.3) is 11.8 Å². The molecule has 3 aromatic rings. The number of barbiturate groups is 1. The summed E-state index contributed by atoms with van der Waals surface area (Å²) in [5.41, 5.74) is 1.43. The smallest absolute Gasteiger partial charge is 0.343 e. The number of aryl methyl sites for hydroxylation is 1. The van der Waals surface area contributed by atoms with Crippen molar-refractivity contribution in [2.75, 3.05) is 11.7 Å². The molecule has 4 amide bonds. The minimum atomic E-state index is -0.846. The fourth-order valence-corrected chi connectivity index (χ4v) is 3.69. The number of carbonyl (C=O) groups excluding carboxylic acids is 4. The van der Waals surface area contributed by atoms with E-state index in [1.165, 1.54) is 18.2 Å². The summed E-state index contributed by atoms with van der Waals surface area (Å²) < 4.78 is 16.1. The second kappa shape index (κ2) is 8.79. The van der Waals surface area contributed by atoms with Crippen LogP contribution in [0.3, 0.4) is 0 Å². The van der Waals surface area contributed by atoms with Gasteiger partial charge in [0.1, 0.15) is 11.3 Å². The van der Waals surface area contributed by atoms with E-state index in [0.29, 0.717) is 22.7 Å². The Kier molecular flexibility index (Phi) is 5.50. The summed E-state index contributed by atoms with van der Waals surface area (Å²) in [5.74, 6) is -1.21. The van der Waals surface area contributed by atoms with Crippen LogP contribution in [-0.4, -0.2) is 30.6 Å². The molecule has 9 heteroatoms. The molecule has 0 radical (unpaired) electrons. The molecule has 35 heavy (non-hydrogen) atoms. The van der Waals surface area contributed by atoms with Gasteiger partial charge in [-0.05, 0) is 55.0 Å². The van der Waals surface area contributed by atoms with Crippen molar-refractivity contribution in [3.63, 3.8) is 0 Å². The largest absolute Gasteiger partial charge is 0.454 e. The number of anilines is 1. The van der Waals surface area contributed by atoms with Crippen LogP contribution in [0.5, 0.6) is 17.2 Å². The van der Waals surface area contributed by atoms with Crippen LogP contribution in [-0.2, 0) is 9.59 Å². The second-order valence-corrected chi connectivity index (χ2v) is 7.79. The Bertz CT molecular complexity index is 1430. The van der Waals surface area contributed by atoms with E-state index in [1.54, 1.807) is 48.5 Å². The molecule has 1 N–H and O–H groups in total. The molecule has 0 aromatic heterocycles. The first-order valence-corrected chi connectivity index (χ1v) is 10.6. The Morgan fingerprint density at radius 3 is 2.60 bits per heavy atom. The lowest BCUT2D eigenvalue weighted by Gasteiger charge is -2.26. The fraction of sp³-hybridized carbons (Fsp3) is 0.0769. The first kappa shape index (κ1) is 21.9. The summed E-state index contributed by atoms with van der Waals surface area (Å²) in [6, 6.07) is 17.0. The molecule has 0 bridgehead atoms. The van der Waals surface area contributed by atoms with Crippen LogP contribution < -0.4 is 24.4 Å². The lowest BCUT2D eigenvalue weighted by Crippen LogP contribution is -2.54. The zero-order valence-electron chi connectivity index (χ0n) is 18.4. The zero-order chi connectivity index (χ0) is 24.5. The minimum absolute atomic E-state index is 0.0718. The summed E-state index contributed by atoms with van der Waals surface area (Å²) in [5, 5.41) is 2.18. The average molecular weight is 470 g/mol. The molecule has 0 aliphatic carbocycles. The molecular weight excluding hydrogens is 452 g/mol. The van der Waals surface area contributed by atoms with Crippen molar-refractivity contribution < 1.29 is 33.4 Å². The molecule has 2 heterocycles. The molecule has 0 saturated carbocycles. The number of hydrogen-bond donors (Lipinski definition) is 1. The molecule has 0 spiro atoms. The third-order valence-corrected chi connectivity index (χ3v) is 5.39. The van der Waals surface area contributed by atoms with Crippen LogP contribution in [0.15, 0.2) is 72.3 Å². The van der Waals surface area contributed by atoms with Gasteiger partial charge < -0.3 is 14.2 Å². The maximum Gasteiger partial charge on any atom is 0.343 e. The van der Waals surface area contributed by atoms with E-state index in [0.717, 1.165) is 10.5 Å². The molecule has 5 rings (SSSR count). The summed E-state index contributed by atoms with van der Waals surface area (Å²) in [4.78, 5) is 51.8. The highest BCUT2D eigenvalue weighted by molar-refractivity contribution is 6.39. The Labute approximate surface area is 199 Å². The van der Waals surface area contributed by atoms with Crippen LogP contribution in [0.4, 0.5) is 10.5 Å². The van der Waals surface area contributed by atoms with Gasteiger partial charge in [0, 0.05) is 5.56 Å². The topological polar surface area (TPSA) is 111 Å². The van der Waals surface area contributed by atoms with E-state index in [-0.39, 0.29) is 23.7 Å². The number of rotatable bonds is 4. The highest BCUT2D eigenvalue weighted by Gasteiger charge is 2.37. The molecule has 0 unspecified atom stereocenters. The Morgan fingerprint density at radius 2 is 1.77 bits per heavy atom. The number of benzene rings is 3. The van der Waals surface area contributed by atoms with Crippen LogP contribution in [0.25, 0.3) is 6.08 Å². The highest BCUT2D eigenvalue weighted by atomic mass is 16.7. The normalized spacial score (nSPS) is 15.9. The van der Waals surface area contributed by atoms with Crippen LogP contribution in [0.2, 0.25) is 0 Å². The SMILES string of the molecule is Cc1cccc(N2C(=O)NC(=O)/C(=C/c3ccccc3OC(=O)c3ccc4c(c3)OCO4)C2=O)c1. The number of nitrogens with one attached hydrogen (secondary N) is 1. The Balaban J connectivity index is 1.45. The molecule has 2 aliphatic heterocycles. The maximum atomic E-state index is 13.2. The van der Waals surface area contributed by atoms with Gasteiger partial charge in [0.2, 0.25) is 6.79 Å². The number of ether oxygens (including phenoxy) is 3. The molecule has 2 aliphatic rings. The van der Waals surface area contributed by atoms with Gasteiger partial charge in [-0.3, -0.25) is 14.9 Å². The predicted molar refractivity (Wildman–Crippen MR) is 124 cm³/mol. The molecule has 1 saturated heterocycles. The van der Waals surface area contributed by atoms with E-state index < -0.39 is 23.8 Å². The first-order chi connectivity index (χ1) is 16.9. The lowest BCUT2D eigenvalue weighted by molar-refractivity contribution is -0.122. The van der Waals surface area contributed by atoms with Crippen LogP contribution in [0, 0.1) is 6.92 Å². The second-order valence-electron chi connectivity index (χ2n) is 7.79. The quantitative estimate of drug-likeness (QED) is 0.268. The van der Waals surface area contributed by atoms with Crippen LogP contribution >= 0.6 is 0 Å². The molecular formula is C26H18N2O7. The van der Waals surface area contributed by atoms with Crippen LogP contribution in [0.1, 0.15) is 21.5 Å². The summed E-state index contributed by atoms with van der Waals surface area (Å²) in [6.45, 7) is 1.89. The van der Waals surface area contributed by atoms with E-state index >= 15 is 0 Å². The van der Waals surface area contributed by atoms with Gasteiger partial charge in [-0.2, -0.15) is 0 Å². The number of nitrogens with zero attached hydrogens (tertiary/aromatic N) is 1. The number of imide groups is 2. The monoisotopic (exact) mass is 470 g/mol. The summed E-state index contributed by atoms with van der Waals surface area (Å²) in [6.07, 6.45) is 1.29. The summed E-state index contributed by atoms with van der Waals surface area (Å²) in [7, 11) is 0. The number of carbonyl (C=O) groups is 4. The van der Waals surface area contributed by atoms with Gasteiger partial charge in [0.05, 0.1) is 11.3 Å². The molecule has 1 fully saturated rings. The zero-order valence-corrected chi connectivity index (χ0v) is 18.4. The lowest BCUT2D eigenvalue weighted by atomic mass is 10.1. The maximum absolute atomic E-state index is 13.2. The minimum Gasteiger partial charge on any atom is -0.454 e. The molecule has 3 aromatic carbocycles. The third-order valence-electron chi connectivity index (χ3n) is 5.39. The van der Waals surface area contributed by atoms with E-state index in [1.807, 2.05) is 13.0 Å². The van der Waals surface area contributed by atoms with Gasteiger partial charge in [-0.15, -0.1) is 0 Å². The number of esters is 1. The Morgan fingerprint density at radius 1 is 0.971 bits per heavy atom. The predicted octanol–water partition coefficient (Wildman–Crippen LogP) is 3.61. The van der Waals surface area contributed by atoms with Crippen molar-refractivity contribution in [1.29, 1.82) is 0 Å².